The number of fused-ring (bicyclic) bond motifs is 5. The maximum atomic E-state index is 12.4. The Hall–Kier alpha value is -3.26. The summed E-state index contributed by atoms with van der Waals surface area (Å²) < 4.78 is 12.3. The van der Waals surface area contributed by atoms with Crippen LogP contribution in [-0.4, -0.2) is 77.3 Å². The monoisotopic (exact) mass is 608 g/mol. The van der Waals surface area contributed by atoms with Gasteiger partial charge in [-0.25, -0.2) is 0 Å². The molecule has 0 radical (unpaired) electrons. The Balaban J connectivity index is 1.61. The number of nitrogens with two attached hydrogens (primary N) is 1. The standard InChI is InChI=1S/C34H48N4O6/c1-21(39)43-29-20-25(40)12-15-34(31(38-33(35)36-2)7-4-8-32(34)42)14-11-23-5-3-6-24-19-26(13-16-37-24)44-30-18-22(17-27(23)29)9-10-28(30)41/h4,7,9-10,18,23-27,29,31-32,37,40-42H,3,5-6,8,12-13,15-17,19-20H2,1-2H3,(H3,35,36,38). The molecule has 2 aliphatic carbocycles. The Morgan fingerprint density at radius 3 is 2.86 bits per heavy atom. The second-order valence-corrected chi connectivity index (χ2v) is 12.9. The minimum Gasteiger partial charge on any atom is -0.504 e. The Labute approximate surface area is 260 Å². The van der Waals surface area contributed by atoms with E-state index in [1.54, 1.807) is 13.1 Å². The summed E-state index contributed by atoms with van der Waals surface area (Å²) in [5.41, 5.74) is 6.13. The van der Waals surface area contributed by atoms with Gasteiger partial charge in [0.15, 0.2) is 17.5 Å². The Morgan fingerprint density at radius 1 is 1.23 bits per heavy atom. The van der Waals surface area contributed by atoms with Crippen molar-refractivity contribution >= 4 is 11.9 Å². The summed E-state index contributed by atoms with van der Waals surface area (Å²) in [7, 11) is 1.61. The molecule has 1 aromatic carbocycles. The van der Waals surface area contributed by atoms with Gasteiger partial charge in [-0.1, -0.05) is 36.5 Å². The third kappa shape index (κ3) is 7.51. The van der Waals surface area contributed by atoms with Crippen molar-refractivity contribution in [1.82, 2.24) is 10.6 Å². The zero-order valence-corrected chi connectivity index (χ0v) is 25.9. The molecule has 4 aliphatic rings. The number of carbonyl (C=O) groups excluding carboxylic acids is 1. The zero-order valence-electron chi connectivity index (χ0n) is 25.9. The van der Waals surface area contributed by atoms with E-state index in [0.29, 0.717) is 31.4 Å². The largest absolute Gasteiger partial charge is 0.504 e. The summed E-state index contributed by atoms with van der Waals surface area (Å²) in [5, 5.41) is 40.4. The molecule has 0 amide bonds. The molecule has 0 saturated carbocycles. The van der Waals surface area contributed by atoms with Crippen LogP contribution in [0.4, 0.5) is 0 Å². The molecule has 1 fully saturated rings. The van der Waals surface area contributed by atoms with Crippen LogP contribution >= 0.6 is 0 Å². The van der Waals surface area contributed by atoms with Crippen LogP contribution in [0.3, 0.4) is 0 Å². The summed E-state index contributed by atoms with van der Waals surface area (Å²) in [6.07, 6.45) is 8.13. The predicted octanol–water partition coefficient (Wildman–Crippen LogP) is 2.54. The second-order valence-electron chi connectivity index (χ2n) is 12.9. The third-order valence-electron chi connectivity index (χ3n) is 9.88. The van der Waals surface area contributed by atoms with Crippen LogP contribution in [-0.2, 0) is 16.0 Å². The molecule has 1 spiro atoms. The van der Waals surface area contributed by atoms with Crippen LogP contribution in [0.2, 0.25) is 0 Å². The summed E-state index contributed by atoms with van der Waals surface area (Å²) in [5.74, 6) is 7.15. The number of hydrogen-bond acceptors (Lipinski definition) is 8. The van der Waals surface area contributed by atoms with Crippen LogP contribution in [0.1, 0.15) is 70.3 Å². The highest BCUT2D eigenvalue weighted by molar-refractivity contribution is 5.78. The van der Waals surface area contributed by atoms with Crippen molar-refractivity contribution in [2.75, 3.05) is 13.6 Å². The van der Waals surface area contributed by atoms with Gasteiger partial charge >= 0.3 is 5.97 Å². The van der Waals surface area contributed by atoms with Crippen molar-refractivity contribution in [3.8, 4) is 23.3 Å². The van der Waals surface area contributed by atoms with Crippen LogP contribution in [0.5, 0.6) is 11.5 Å². The first-order valence-electron chi connectivity index (χ1n) is 16.1. The maximum absolute atomic E-state index is 12.4. The molecule has 10 nitrogen and oxygen atoms in total. The number of piperidine rings is 1. The average Bonchev–Trinajstić information content (AvgIpc) is 2.99. The number of rotatable bonds is 2. The van der Waals surface area contributed by atoms with Crippen molar-refractivity contribution < 1.29 is 29.6 Å². The molecule has 1 saturated heterocycles. The molecule has 9 unspecified atom stereocenters. The fourth-order valence-electron chi connectivity index (χ4n) is 7.46. The number of ether oxygens (including phenoxy) is 2. The molecule has 2 aliphatic heterocycles. The number of hydrogen-bond donors (Lipinski definition) is 6. The van der Waals surface area contributed by atoms with E-state index < -0.39 is 35.7 Å². The normalized spacial score (nSPS) is 36.1. The summed E-state index contributed by atoms with van der Waals surface area (Å²) in [4.78, 5) is 16.5. The van der Waals surface area contributed by atoms with E-state index in [1.165, 1.54) is 6.92 Å². The van der Waals surface area contributed by atoms with Gasteiger partial charge in [-0.3, -0.25) is 9.79 Å². The minimum atomic E-state index is -0.900. The topological polar surface area (TPSA) is 159 Å². The number of aliphatic hydroxyl groups is 2. The third-order valence-corrected chi connectivity index (χ3v) is 9.88. The molecule has 2 heterocycles. The number of aliphatic hydroxyl groups excluding tert-OH is 2. The number of aliphatic imine (C=N–C) groups is 1. The van der Waals surface area contributed by atoms with Crippen LogP contribution < -0.4 is 21.1 Å². The second kappa shape index (κ2) is 14.2. The lowest BCUT2D eigenvalue weighted by Gasteiger charge is -2.43. The highest BCUT2D eigenvalue weighted by Crippen LogP contribution is 2.41. The maximum Gasteiger partial charge on any atom is 0.302 e. The number of phenols is 1. The number of esters is 1. The van der Waals surface area contributed by atoms with Crippen molar-refractivity contribution in [3.05, 3.63) is 35.9 Å². The van der Waals surface area contributed by atoms with Crippen LogP contribution in [0.15, 0.2) is 35.3 Å². The number of guanidine groups is 1. The van der Waals surface area contributed by atoms with E-state index in [1.807, 2.05) is 24.3 Å². The SMILES string of the molecule is CN=C(N)NC1C=CCC(O)C12C#CC1CCCC3CC(CCN3)Oc3cc(ccc3O)CC1C(OC(C)=O)CC(O)CC2. The lowest BCUT2D eigenvalue weighted by atomic mass is 9.66. The van der Waals surface area contributed by atoms with Gasteiger partial charge in [0.2, 0.25) is 0 Å². The number of aromatic hydroxyl groups is 1. The first kappa shape index (κ1) is 32.1. The number of nitrogens with one attached hydrogen (secondary N) is 2. The molecular weight excluding hydrogens is 560 g/mol. The quantitative estimate of drug-likeness (QED) is 0.0976. The van der Waals surface area contributed by atoms with E-state index in [9.17, 15) is 20.1 Å². The first-order chi connectivity index (χ1) is 21.2. The molecular formula is C34H48N4O6. The highest BCUT2D eigenvalue weighted by Gasteiger charge is 2.46. The van der Waals surface area contributed by atoms with Crippen molar-refractivity contribution in [3.63, 3.8) is 0 Å². The van der Waals surface area contributed by atoms with Gasteiger partial charge in [0, 0.05) is 38.3 Å². The molecule has 0 aromatic heterocycles. The van der Waals surface area contributed by atoms with Crippen molar-refractivity contribution in [2.45, 2.75) is 108 Å². The van der Waals surface area contributed by atoms with Crippen molar-refractivity contribution in [1.29, 1.82) is 0 Å². The zero-order chi connectivity index (χ0) is 31.3. The molecule has 240 valence electrons. The molecule has 5 rings (SSSR count). The fraction of sp³-hybridized carbons (Fsp3) is 0.647. The van der Waals surface area contributed by atoms with Gasteiger partial charge in [0.1, 0.15) is 12.2 Å². The average molecular weight is 609 g/mol. The predicted molar refractivity (Wildman–Crippen MR) is 168 cm³/mol. The number of nitrogens with zero attached hydrogens (tertiary/aromatic N) is 1. The van der Waals surface area contributed by atoms with Gasteiger partial charge in [-0.2, -0.15) is 0 Å². The van der Waals surface area contributed by atoms with Crippen molar-refractivity contribution in [2.24, 2.45) is 28.0 Å². The van der Waals surface area contributed by atoms with Gasteiger partial charge in [-0.05, 0) is 75.6 Å². The van der Waals surface area contributed by atoms with Gasteiger partial charge in [0.05, 0.1) is 23.7 Å². The molecule has 1 aromatic rings. The Kier molecular flexibility index (Phi) is 10.4. The highest BCUT2D eigenvalue weighted by atomic mass is 16.5. The molecule has 44 heavy (non-hydrogen) atoms. The molecule has 9 atom stereocenters. The number of benzene rings is 1. The molecule has 7 N–H and O–H groups in total. The smallest absolute Gasteiger partial charge is 0.302 e. The minimum absolute atomic E-state index is 0.0109. The first-order valence-corrected chi connectivity index (χ1v) is 16.1. The van der Waals surface area contributed by atoms with E-state index >= 15 is 0 Å². The van der Waals surface area contributed by atoms with Crippen LogP contribution in [0, 0.1) is 29.1 Å². The Morgan fingerprint density at radius 2 is 2.07 bits per heavy atom. The van der Waals surface area contributed by atoms with E-state index in [4.69, 9.17) is 15.2 Å². The molecule has 4 bridgehead atoms. The van der Waals surface area contributed by atoms with E-state index in [0.717, 1.165) is 44.2 Å². The fourth-order valence-corrected chi connectivity index (χ4v) is 7.46. The summed E-state index contributed by atoms with van der Waals surface area (Å²) in [6, 6.07) is 5.31. The summed E-state index contributed by atoms with van der Waals surface area (Å²) in [6.45, 7) is 2.25. The number of carbonyl (C=O) groups is 1. The van der Waals surface area contributed by atoms with Gasteiger partial charge in [0.25, 0.3) is 0 Å². The lowest BCUT2D eigenvalue weighted by molar-refractivity contribution is -0.152. The molecule has 10 heteroatoms. The van der Waals surface area contributed by atoms with Gasteiger partial charge in [-0.15, -0.1) is 0 Å². The Bertz CT molecular complexity index is 1290. The van der Waals surface area contributed by atoms with E-state index in [-0.39, 0.29) is 42.1 Å². The number of phenolic OH excluding ortho intramolecular Hbond substituents is 1. The lowest BCUT2D eigenvalue weighted by Crippen LogP contribution is -2.55. The summed E-state index contributed by atoms with van der Waals surface area (Å²) >= 11 is 0. The van der Waals surface area contributed by atoms with E-state index in [2.05, 4.69) is 27.5 Å². The van der Waals surface area contributed by atoms with Crippen LogP contribution in [0.25, 0.3) is 0 Å². The van der Waals surface area contributed by atoms with Gasteiger partial charge < -0.3 is 41.2 Å².